The molecule has 2 rings (SSSR count). The van der Waals surface area contributed by atoms with E-state index in [2.05, 4.69) is 32.5 Å². The molecule has 1 aromatic heterocycles. The monoisotopic (exact) mass is 435 g/mol. The van der Waals surface area contributed by atoms with E-state index in [1.54, 1.807) is 18.4 Å². The molecule has 6 heteroatoms. The number of nitrogens with zero attached hydrogens (tertiary/aromatic N) is 1. The molecule has 0 spiro atoms. The maximum atomic E-state index is 6.13. The van der Waals surface area contributed by atoms with Crippen LogP contribution in [0.15, 0.2) is 46.1 Å². The van der Waals surface area contributed by atoms with Crippen LogP contribution in [-0.4, -0.2) is 19.6 Å². The molecular weight excluding hydrogens is 417 g/mol. The highest BCUT2D eigenvalue weighted by Crippen LogP contribution is 2.14. The molecule has 2 N–H and O–H groups in total. The first-order chi connectivity index (χ1) is 9.79. The molecule has 0 bridgehead atoms. The number of guanidine groups is 1. The van der Waals surface area contributed by atoms with Crippen molar-refractivity contribution in [2.75, 3.05) is 13.6 Å². The average molecular weight is 436 g/mol. The lowest BCUT2D eigenvalue weighted by molar-refractivity contribution is 0.796. The van der Waals surface area contributed by atoms with Crippen LogP contribution in [0.4, 0.5) is 0 Å². The van der Waals surface area contributed by atoms with Crippen LogP contribution in [0.3, 0.4) is 0 Å². The minimum atomic E-state index is 0. The van der Waals surface area contributed by atoms with Crippen LogP contribution in [0.25, 0.3) is 0 Å². The zero-order chi connectivity index (χ0) is 14.2. The molecular formula is C15H19ClIN3S. The van der Waals surface area contributed by atoms with E-state index in [0.717, 1.165) is 36.1 Å². The number of nitrogens with one attached hydrogen (secondary N) is 2. The smallest absolute Gasteiger partial charge is 0.191 e. The number of thiophene rings is 1. The van der Waals surface area contributed by atoms with Crippen molar-refractivity contribution >= 4 is 52.9 Å². The van der Waals surface area contributed by atoms with E-state index < -0.39 is 0 Å². The quantitative estimate of drug-likeness (QED) is 0.424. The molecule has 0 amide bonds. The third-order valence-electron chi connectivity index (χ3n) is 2.91. The Morgan fingerprint density at radius 2 is 2.05 bits per heavy atom. The summed E-state index contributed by atoms with van der Waals surface area (Å²) in [6, 6.07) is 10.0. The Bertz CT molecular complexity index is 558. The van der Waals surface area contributed by atoms with E-state index in [-0.39, 0.29) is 24.0 Å². The summed E-state index contributed by atoms with van der Waals surface area (Å²) in [6.45, 7) is 1.59. The maximum Gasteiger partial charge on any atom is 0.191 e. The molecule has 0 saturated heterocycles. The molecule has 114 valence electrons. The Morgan fingerprint density at radius 1 is 1.24 bits per heavy atom. The Morgan fingerprint density at radius 3 is 2.71 bits per heavy atom. The predicted molar refractivity (Wildman–Crippen MR) is 103 cm³/mol. The molecule has 3 nitrogen and oxygen atoms in total. The fourth-order valence-corrected chi connectivity index (χ4v) is 2.72. The van der Waals surface area contributed by atoms with Crippen molar-refractivity contribution < 1.29 is 0 Å². The van der Waals surface area contributed by atoms with Gasteiger partial charge in [-0.2, -0.15) is 11.3 Å². The van der Waals surface area contributed by atoms with Gasteiger partial charge in [-0.3, -0.25) is 4.99 Å². The highest BCUT2D eigenvalue weighted by molar-refractivity contribution is 14.0. The number of aliphatic imine (C=N–C) groups is 1. The molecule has 0 unspecified atom stereocenters. The third-order valence-corrected chi connectivity index (χ3v) is 4.01. The van der Waals surface area contributed by atoms with Gasteiger partial charge in [0.05, 0.1) is 0 Å². The Kier molecular flexibility index (Phi) is 8.72. The van der Waals surface area contributed by atoms with Crippen molar-refractivity contribution in [2.45, 2.75) is 13.0 Å². The third kappa shape index (κ3) is 6.23. The number of hydrogen-bond acceptors (Lipinski definition) is 2. The molecule has 0 atom stereocenters. The van der Waals surface area contributed by atoms with Gasteiger partial charge < -0.3 is 10.6 Å². The lowest BCUT2D eigenvalue weighted by atomic mass is 10.1. The summed E-state index contributed by atoms with van der Waals surface area (Å²) in [5.41, 5.74) is 2.42. The van der Waals surface area contributed by atoms with Crippen molar-refractivity contribution in [2.24, 2.45) is 4.99 Å². The van der Waals surface area contributed by atoms with E-state index in [4.69, 9.17) is 11.6 Å². The Hall–Kier alpha value is -0.790. The van der Waals surface area contributed by atoms with Gasteiger partial charge in [-0.1, -0.05) is 29.8 Å². The van der Waals surface area contributed by atoms with Crippen LogP contribution in [0.1, 0.15) is 11.1 Å². The van der Waals surface area contributed by atoms with Crippen LogP contribution in [0.2, 0.25) is 5.02 Å². The molecule has 0 aliphatic heterocycles. The first-order valence-corrected chi connectivity index (χ1v) is 7.80. The van der Waals surface area contributed by atoms with Gasteiger partial charge in [-0.25, -0.2) is 0 Å². The number of hydrogen-bond donors (Lipinski definition) is 2. The summed E-state index contributed by atoms with van der Waals surface area (Å²) in [7, 11) is 1.78. The highest BCUT2D eigenvalue weighted by Gasteiger charge is 2.01. The van der Waals surface area contributed by atoms with E-state index >= 15 is 0 Å². The van der Waals surface area contributed by atoms with E-state index in [1.165, 1.54) is 5.56 Å². The zero-order valence-electron chi connectivity index (χ0n) is 11.8. The van der Waals surface area contributed by atoms with Gasteiger partial charge in [0.2, 0.25) is 0 Å². The number of rotatable bonds is 5. The number of halogens is 2. The van der Waals surface area contributed by atoms with Gasteiger partial charge in [0, 0.05) is 25.2 Å². The van der Waals surface area contributed by atoms with Crippen molar-refractivity contribution in [1.29, 1.82) is 0 Å². The summed E-state index contributed by atoms with van der Waals surface area (Å²) >= 11 is 7.83. The average Bonchev–Trinajstić information content (AvgIpc) is 2.98. The van der Waals surface area contributed by atoms with Gasteiger partial charge in [0.1, 0.15) is 0 Å². The van der Waals surface area contributed by atoms with Crippen LogP contribution in [0, 0.1) is 0 Å². The van der Waals surface area contributed by atoms with Crippen LogP contribution in [0.5, 0.6) is 0 Å². The lowest BCUT2D eigenvalue weighted by Gasteiger charge is -2.11. The topological polar surface area (TPSA) is 36.4 Å². The summed E-state index contributed by atoms with van der Waals surface area (Å²) < 4.78 is 0. The molecule has 1 heterocycles. The van der Waals surface area contributed by atoms with E-state index in [1.807, 2.05) is 24.3 Å². The van der Waals surface area contributed by atoms with E-state index in [9.17, 15) is 0 Å². The molecule has 0 aliphatic carbocycles. The summed E-state index contributed by atoms with van der Waals surface area (Å²) in [6.07, 6.45) is 0.874. The van der Waals surface area contributed by atoms with Crippen molar-refractivity contribution in [3.63, 3.8) is 0 Å². The first-order valence-electron chi connectivity index (χ1n) is 6.48. The molecule has 0 saturated carbocycles. The van der Waals surface area contributed by atoms with Gasteiger partial charge in [-0.15, -0.1) is 24.0 Å². The second-order valence-corrected chi connectivity index (χ2v) is 5.51. The molecule has 0 radical (unpaired) electrons. The lowest BCUT2D eigenvalue weighted by Crippen LogP contribution is -2.37. The van der Waals surface area contributed by atoms with Crippen LogP contribution >= 0.6 is 46.9 Å². The van der Waals surface area contributed by atoms with Crippen molar-refractivity contribution in [3.8, 4) is 0 Å². The van der Waals surface area contributed by atoms with Crippen molar-refractivity contribution in [3.05, 3.63) is 57.2 Å². The Labute approximate surface area is 151 Å². The molecule has 2 aromatic rings. The standard InChI is InChI=1S/C15H18ClN3S.HI/c1-17-15(19-10-12-7-9-20-11-12)18-8-6-13-4-2-3-5-14(13)16;/h2-5,7,9,11H,6,8,10H2,1H3,(H2,17,18,19);1H. The van der Waals surface area contributed by atoms with Gasteiger partial charge in [0.15, 0.2) is 5.96 Å². The maximum absolute atomic E-state index is 6.13. The normalized spacial score (nSPS) is 10.9. The first kappa shape index (κ1) is 18.3. The largest absolute Gasteiger partial charge is 0.356 e. The van der Waals surface area contributed by atoms with E-state index in [0.29, 0.717) is 0 Å². The van der Waals surface area contributed by atoms with Crippen LogP contribution in [-0.2, 0) is 13.0 Å². The molecule has 0 fully saturated rings. The Balaban J connectivity index is 0.00000220. The zero-order valence-corrected chi connectivity index (χ0v) is 15.7. The minimum Gasteiger partial charge on any atom is -0.356 e. The molecule has 1 aromatic carbocycles. The van der Waals surface area contributed by atoms with Gasteiger partial charge in [0.25, 0.3) is 0 Å². The summed E-state index contributed by atoms with van der Waals surface area (Å²) in [5.74, 6) is 0.809. The van der Waals surface area contributed by atoms with Crippen molar-refractivity contribution in [1.82, 2.24) is 10.6 Å². The molecule has 0 aliphatic rings. The fourth-order valence-electron chi connectivity index (χ4n) is 1.82. The summed E-state index contributed by atoms with van der Waals surface area (Å²) in [5, 5.41) is 11.6. The highest BCUT2D eigenvalue weighted by atomic mass is 127. The fraction of sp³-hybridized carbons (Fsp3) is 0.267. The number of benzene rings is 1. The second kappa shape index (κ2) is 10.0. The molecule has 21 heavy (non-hydrogen) atoms. The van der Waals surface area contributed by atoms with Crippen LogP contribution < -0.4 is 10.6 Å². The SMILES string of the molecule is CN=C(NCCc1ccccc1Cl)NCc1ccsc1.I. The minimum absolute atomic E-state index is 0. The second-order valence-electron chi connectivity index (χ2n) is 4.33. The summed E-state index contributed by atoms with van der Waals surface area (Å²) in [4.78, 5) is 4.21. The van der Waals surface area contributed by atoms with Gasteiger partial charge >= 0.3 is 0 Å². The predicted octanol–water partition coefficient (Wildman–Crippen LogP) is 3.93. The van der Waals surface area contributed by atoms with Gasteiger partial charge in [-0.05, 0) is 40.4 Å².